The Morgan fingerprint density at radius 1 is 0.875 bits per heavy atom. The molecule has 0 atom stereocenters. The van der Waals surface area contributed by atoms with Gasteiger partial charge >= 0.3 is 49.7 Å². The van der Waals surface area contributed by atoms with E-state index in [2.05, 4.69) is 0 Å². The Labute approximate surface area is 50.6 Å². The Morgan fingerprint density at radius 2 is 1.00 bits per heavy atom. The van der Waals surface area contributed by atoms with Gasteiger partial charge < -0.3 is 0 Å². The zero-order valence-electron chi connectivity index (χ0n) is 3.34. The number of halogens is 5. The predicted molar refractivity (Wildman–Crippen MR) is 16.8 cm³/mol. The molecule has 0 aliphatic carbocycles. The van der Waals surface area contributed by atoms with Crippen molar-refractivity contribution < 1.29 is 22.0 Å². The van der Waals surface area contributed by atoms with Gasteiger partial charge in [-0.25, -0.2) is 0 Å². The molecule has 0 aromatic carbocycles. The van der Waals surface area contributed by atoms with Gasteiger partial charge in [0.15, 0.2) is 0 Å². The van der Waals surface area contributed by atoms with Gasteiger partial charge in [-0.2, -0.15) is 0 Å². The van der Waals surface area contributed by atoms with Crippen molar-refractivity contribution in [2.75, 3.05) is 0 Å². The Morgan fingerprint density at radius 3 is 1.00 bits per heavy atom. The van der Waals surface area contributed by atoms with Gasteiger partial charge in [-0.1, -0.05) is 0 Å². The fraction of sp³-hybridized carbons (Fsp3) is 1.00. The minimum atomic E-state index is -5.42. The first-order valence-corrected chi connectivity index (χ1v) is 2.36. The molecular weight excluding hydrogens is 194 g/mol. The summed E-state index contributed by atoms with van der Waals surface area (Å²) in [7, 11) is 0. The third-order valence-corrected chi connectivity index (χ3v) is 0.873. The van der Waals surface area contributed by atoms with Crippen LogP contribution in [0.5, 0.6) is 0 Å². The molecule has 8 heavy (non-hydrogen) atoms. The summed E-state index contributed by atoms with van der Waals surface area (Å²) in [4.78, 5) is 0. The first-order valence-electron chi connectivity index (χ1n) is 1.42. The summed E-state index contributed by atoms with van der Waals surface area (Å²) in [6.07, 6.45) is -5.42. The van der Waals surface area contributed by atoms with Crippen LogP contribution in [-0.2, 0) is 0 Å². The second-order valence-corrected chi connectivity index (χ2v) is 2.22. The standard InChI is InChI=1S/C2AsF5/c3-1(4,5)2(6,7)8/q+1. The molecule has 0 aliphatic heterocycles. The summed E-state index contributed by atoms with van der Waals surface area (Å²) in [5.41, 5.74) is 0. The molecule has 0 spiro atoms. The van der Waals surface area contributed by atoms with Crippen LogP contribution in [0.1, 0.15) is 0 Å². The Bertz CT molecular complexity index is 65.4. The van der Waals surface area contributed by atoms with E-state index in [1.165, 1.54) is 0 Å². The average Bonchev–Trinajstić information content (AvgIpc) is 1.25. The first kappa shape index (κ1) is 8.21. The van der Waals surface area contributed by atoms with E-state index < -0.39 is 10.9 Å². The van der Waals surface area contributed by atoms with E-state index >= 15 is 0 Å². The summed E-state index contributed by atoms with van der Waals surface area (Å²) >= 11 is 0.255. The average molecular weight is 194 g/mol. The fourth-order valence-electron chi connectivity index (χ4n) is 0. The van der Waals surface area contributed by atoms with Crippen molar-refractivity contribution in [2.45, 2.75) is 10.9 Å². The van der Waals surface area contributed by atoms with E-state index in [1.54, 1.807) is 0 Å². The van der Waals surface area contributed by atoms with Crippen molar-refractivity contribution in [1.82, 2.24) is 0 Å². The van der Waals surface area contributed by atoms with Crippen molar-refractivity contribution in [3.05, 3.63) is 0 Å². The molecule has 0 bridgehead atoms. The quantitative estimate of drug-likeness (QED) is 0.402. The van der Waals surface area contributed by atoms with Crippen molar-refractivity contribution in [2.24, 2.45) is 0 Å². The molecule has 0 aromatic heterocycles. The molecule has 0 saturated heterocycles. The fourth-order valence-corrected chi connectivity index (χ4v) is 0. The van der Waals surface area contributed by atoms with Gasteiger partial charge in [0.1, 0.15) is 0 Å². The van der Waals surface area contributed by atoms with E-state index in [0.29, 0.717) is 0 Å². The number of hydrogen-bond acceptors (Lipinski definition) is 0. The summed E-state index contributed by atoms with van der Waals surface area (Å²) in [6.45, 7) is 0. The van der Waals surface area contributed by atoms with Crippen LogP contribution in [0.2, 0.25) is 0 Å². The molecule has 0 fully saturated rings. The molecule has 0 nitrogen and oxygen atoms in total. The zero-order chi connectivity index (χ0) is 7.00. The predicted octanol–water partition coefficient (Wildman–Crippen LogP) is 1.31. The van der Waals surface area contributed by atoms with E-state index in [0.717, 1.165) is 0 Å². The van der Waals surface area contributed by atoms with Gasteiger partial charge in [-0.05, 0) is 0 Å². The van der Waals surface area contributed by atoms with Crippen LogP contribution in [0.3, 0.4) is 0 Å². The summed E-state index contributed by atoms with van der Waals surface area (Å²) in [5, 5.41) is 0. The molecule has 0 aromatic rings. The van der Waals surface area contributed by atoms with Crippen LogP contribution in [0.4, 0.5) is 22.0 Å². The van der Waals surface area contributed by atoms with Crippen LogP contribution < -0.4 is 0 Å². The molecule has 0 N–H and O–H groups in total. The van der Waals surface area contributed by atoms with Gasteiger partial charge in [0.25, 0.3) is 0 Å². The monoisotopic (exact) mass is 194 g/mol. The Hall–Kier alpha value is 0.208. The molecule has 47 valence electrons. The Balaban J connectivity index is 4.02. The van der Waals surface area contributed by atoms with Gasteiger partial charge in [0, 0.05) is 0 Å². The molecule has 0 aliphatic rings. The zero-order valence-corrected chi connectivity index (χ0v) is 5.21. The molecule has 0 saturated carbocycles. The van der Waals surface area contributed by atoms with Crippen LogP contribution in [-0.4, -0.2) is 27.7 Å². The summed E-state index contributed by atoms with van der Waals surface area (Å²) in [5.74, 6) is 0. The van der Waals surface area contributed by atoms with Crippen LogP contribution in [0.25, 0.3) is 0 Å². The SMILES string of the molecule is FC(F)(F)C(F)(F)[As+]. The third kappa shape index (κ3) is 1.99. The Kier molecular flexibility index (Phi) is 1.91. The molecule has 0 heterocycles. The normalized spacial score (nSPS) is 14.2. The number of hydrogen-bond donors (Lipinski definition) is 0. The summed E-state index contributed by atoms with van der Waals surface area (Å²) < 4.78 is 49.9. The van der Waals surface area contributed by atoms with Gasteiger partial charge in [0.2, 0.25) is 0 Å². The van der Waals surface area contributed by atoms with Crippen molar-refractivity contribution in [1.29, 1.82) is 0 Å². The van der Waals surface area contributed by atoms with Crippen LogP contribution >= 0.6 is 0 Å². The second-order valence-electron chi connectivity index (χ2n) is 1.04. The van der Waals surface area contributed by atoms with Crippen molar-refractivity contribution in [3.63, 3.8) is 0 Å². The molecule has 3 radical (unpaired) electrons. The van der Waals surface area contributed by atoms with E-state index in [9.17, 15) is 22.0 Å². The van der Waals surface area contributed by atoms with E-state index in [1.807, 2.05) is 0 Å². The molecule has 0 unspecified atom stereocenters. The number of rotatable bonds is 0. The molecule has 0 amide bonds. The summed E-state index contributed by atoms with van der Waals surface area (Å²) in [6, 6.07) is 0. The molecule has 0 rings (SSSR count). The third-order valence-electron chi connectivity index (χ3n) is 0.341. The molecular formula is C2AsF5+. The number of alkyl halides is 5. The van der Waals surface area contributed by atoms with Gasteiger partial charge in [-0.3, -0.25) is 0 Å². The first-order chi connectivity index (χ1) is 3.25. The van der Waals surface area contributed by atoms with E-state index in [4.69, 9.17) is 0 Å². The van der Waals surface area contributed by atoms with Gasteiger partial charge in [-0.15, -0.1) is 0 Å². The molecule has 6 heteroatoms. The maximum absolute atomic E-state index is 11.1. The van der Waals surface area contributed by atoms with Crippen LogP contribution in [0.15, 0.2) is 0 Å². The van der Waals surface area contributed by atoms with E-state index in [-0.39, 0.29) is 16.9 Å². The van der Waals surface area contributed by atoms with Crippen molar-refractivity contribution >= 4 is 16.9 Å². The topological polar surface area (TPSA) is 0 Å². The second kappa shape index (κ2) is 1.86. The minimum absolute atomic E-state index is 0.255. The van der Waals surface area contributed by atoms with Gasteiger partial charge in [0.05, 0.1) is 0 Å². The van der Waals surface area contributed by atoms with Crippen molar-refractivity contribution in [3.8, 4) is 0 Å². The maximum atomic E-state index is 11.1. The van der Waals surface area contributed by atoms with Crippen LogP contribution in [0, 0.1) is 0 Å².